The van der Waals surface area contributed by atoms with E-state index in [0.29, 0.717) is 23.9 Å². The van der Waals surface area contributed by atoms with Crippen LogP contribution in [0.25, 0.3) is 0 Å². The number of unbranched alkanes of at least 4 members (excludes halogenated alkanes) is 24. The van der Waals surface area contributed by atoms with Gasteiger partial charge in [0.1, 0.15) is 13.2 Å². The van der Waals surface area contributed by atoms with Crippen molar-refractivity contribution >= 4 is 13.7 Å². The Morgan fingerprint density at radius 2 is 1.08 bits per heavy atom. The van der Waals surface area contributed by atoms with Gasteiger partial charge in [-0.05, 0) is 32.1 Å². The smallest absolute Gasteiger partial charge is 0.391 e. The molecule has 0 aliphatic carbocycles. The topological polar surface area (TPSA) is 105 Å². The van der Waals surface area contributed by atoms with Gasteiger partial charge in [-0.15, -0.1) is 0 Å². The summed E-state index contributed by atoms with van der Waals surface area (Å²) in [4.78, 5) is 23.1. The predicted octanol–water partition coefficient (Wildman–Crippen LogP) is 11.6. The van der Waals surface area contributed by atoms with Crippen molar-refractivity contribution in [3.05, 3.63) is 12.2 Å². The zero-order chi connectivity index (χ0) is 37.9. The number of hydrogen-bond acceptors (Lipinski definition) is 5. The van der Waals surface area contributed by atoms with Gasteiger partial charge in [0.2, 0.25) is 5.91 Å². The fourth-order valence-corrected chi connectivity index (χ4v) is 7.00. The molecule has 3 unspecified atom stereocenters. The summed E-state index contributed by atoms with van der Waals surface area (Å²) in [6.45, 7) is 4.84. The van der Waals surface area contributed by atoms with Gasteiger partial charge in [-0.3, -0.25) is 13.8 Å². The summed E-state index contributed by atoms with van der Waals surface area (Å²) in [5, 5.41) is 13.9. The number of allylic oxidation sites excluding steroid dienone is 2. The van der Waals surface area contributed by atoms with Gasteiger partial charge in [0.25, 0.3) is 0 Å². The highest BCUT2D eigenvalue weighted by atomic mass is 31.2. The normalized spacial score (nSPS) is 14.6. The number of nitrogens with one attached hydrogen (secondary N) is 1. The minimum atomic E-state index is -4.31. The highest BCUT2D eigenvalue weighted by Crippen LogP contribution is 2.43. The van der Waals surface area contributed by atoms with Crippen LogP contribution in [-0.2, 0) is 18.4 Å². The molecule has 0 aliphatic heterocycles. The minimum Gasteiger partial charge on any atom is -0.391 e. The average Bonchev–Trinajstić information content (AvgIpc) is 3.07. The standard InChI is InChI=1S/C42H85N2O6P/c1-6-8-10-12-14-16-18-19-20-21-22-23-24-26-27-29-31-33-35-41(45)40(39-50-51(47,48)49-38-37-44(3,4)5)43-42(46)36-34-32-30-28-25-17-15-13-11-9-7-2/h13,15,40-41,45H,6-12,14,16-39H2,1-5H3,(H-,43,46,47,48)/p+1/b15-13-. The Hall–Kier alpha value is -0.760. The summed E-state index contributed by atoms with van der Waals surface area (Å²) in [7, 11) is 1.61. The molecular formula is C42H86N2O6P+. The lowest BCUT2D eigenvalue weighted by Gasteiger charge is -2.26. The largest absolute Gasteiger partial charge is 0.472 e. The number of quaternary nitrogens is 1. The maximum Gasteiger partial charge on any atom is 0.472 e. The van der Waals surface area contributed by atoms with Crippen molar-refractivity contribution in [2.45, 2.75) is 212 Å². The molecule has 1 amide bonds. The first kappa shape index (κ1) is 50.2. The van der Waals surface area contributed by atoms with E-state index in [0.717, 1.165) is 51.4 Å². The van der Waals surface area contributed by atoms with E-state index >= 15 is 0 Å². The molecule has 0 spiro atoms. The highest BCUT2D eigenvalue weighted by Gasteiger charge is 2.28. The van der Waals surface area contributed by atoms with Gasteiger partial charge in [-0.2, -0.15) is 0 Å². The van der Waals surface area contributed by atoms with Crippen LogP contribution in [0.2, 0.25) is 0 Å². The van der Waals surface area contributed by atoms with Gasteiger partial charge in [0.15, 0.2) is 0 Å². The fourth-order valence-electron chi connectivity index (χ4n) is 6.26. The van der Waals surface area contributed by atoms with Crippen molar-refractivity contribution in [2.75, 3.05) is 40.9 Å². The number of hydrogen-bond donors (Lipinski definition) is 3. The minimum absolute atomic E-state index is 0.0747. The molecule has 0 bridgehead atoms. The molecular weight excluding hydrogens is 659 g/mol. The molecule has 304 valence electrons. The summed E-state index contributed by atoms with van der Waals surface area (Å²) in [5.41, 5.74) is 0. The number of carbonyl (C=O) groups excluding carboxylic acids is 1. The lowest BCUT2D eigenvalue weighted by Crippen LogP contribution is -2.46. The molecule has 51 heavy (non-hydrogen) atoms. The van der Waals surface area contributed by atoms with E-state index in [2.05, 4.69) is 31.3 Å². The summed E-state index contributed by atoms with van der Waals surface area (Å²) >= 11 is 0. The second-order valence-corrected chi connectivity index (χ2v) is 17.5. The SMILES string of the molecule is CCCC/C=C\CCCCCCCC(=O)NC(COP(=O)(O)OCC[N+](C)(C)C)C(O)CCCCCCCCCCCCCCCCCCCC. The third-order valence-corrected chi connectivity index (χ3v) is 10.7. The van der Waals surface area contributed by atoms with Gasteiger partial charge in [-0.1, -0.05) is 174 Å². The molecule has 0 aromatic heterocycles. The molecule has 0 rings (SSSR count). The second-order valence-electron chi connectivity index (χ2n) is 16.1. The van der Waals surface area contributed by atoms with E-state index in [1.54, 1.807) is 0 Å². The van der Waals surface area contributed by atoms with Crippen molar-refractivity contribution in [2.24, 2.45) is 0 Å². The van der Waals surface area contributed by atoms with Crippen molar-refractivity contribution in [3.8, 4) is 0 Å². The first-order chi connectivity index (χ1) is 24.5. The summed E-state index contributed by atoms with van der Waals surface area (Å²) < 4.78 is 23.6. The highest BCUT2D eigenvalue weighted by molar-refractivity contribution is 7.47. The number of amides is 1. The second kappa shape index (κ2) is 35.0. The number of aliphatic hydroxyl groups is 1. The Kier molecular flexibility index (Phi) is 34.5. The van der Waals surface area contributed by atoms with Crippen molar-refractivity contribution in [1.82, 2.24) is 5.32 Å². The lowest BCUT2D eigenvalue weighted by atomic mass is 10.0. The van der Waals surface area contributed by atoms with Crippen LogP contribution in [0.1, 0.15) is 200 Å². The molecule has 0 heterocycles. The number of carbonyl (C=O) groups is 1. The van der Waals surface area contributed by atoms with E-state index < -0.39 is 20.0 Å². The average molecular weight is 746 g/mol. The molecule has 0 radical (unpaired) electrons. The molecule has 0 aliphatic rings. The van der Waals surface area contributed by atoms with Crippen molar-refractivity contribution in [3.63, 3.8) is 0 Å². The molecule has 8 nitrogen and oxygen atoms in total. The predicted molar refractivity (Wildman–Crippen MR) is 217 cm³/mol. The van der Waals surface area contributed by atoms with Gasteiger partial charge in [-0.25, -0.2) is 4.57 Å². The van der Waals surface area contributed by atoms with Crippen molar-refractivity contribution in [1.29, 1.82) is 0 Å². The van der Waals surface area contributed by atoms with E-state index in [1.807, 2.05) is 21.1 Å². The number of likely N-dealkylation sites (N-methyl/N-ethyl adjacent to an activating group) is 1. The maximum atomic E-state index is 12.8. The molecule has 0 saturated carbocycles. The van der Waals surface area contributed by atoms with E-state index in [-0.39, 0.29) is 19.1 Å². The fraction of sp³-hybridized carbons (Fsp3) is 0.929. The van der Waals surface area contributed by atoms with E-state index in [4.69, 9.17) is 9.05 Å². The molecule has 0 aromatic carbocycles. The van der Waals surface area contributed by atoms with Crippen LogP contribution >= 0.6 is 7.82 Å². The Morgan fingerprint density at radius 3 is 1.57 bits per heavy atom. The van der Waals surface area contributed by atoms with Gasteiger partial charge < -0.3 is 19.8 Å². The zero-order valence-electron chi connectivity index (χ0n) is 34.4. The first-order valence-corrected chi connectivity index (χ1v) is 23.0. The number of aliphatic hydroxyl groups excluding tert-OH is 1. The molecule has 3 N–H and O–H groups in total. The molecule has 0 aromatic rings. The number of nitrogens with zero attached hydrogens (tertiary/aromatic N) is 1. The van der Waals surface area contributed by atoms with Crippen LogP contribution in [0.5, 0.6) is 0 Å². The van der Waals surface area contributed by atoms with Crippen LogP contribution in [0.3, 0.4) is 0 Å². The maximum absolute atomic E-state index is 12.8. The summed E-state index contributed by atoms with van der Waals surface area (Å²) in [6.07, 6.45) is 38.1. The molecule has 0 fully saturated rings. The first-order valence-electron chi connectivity index (χ1n) is 21.6. The van der Waals surface area contributed by atoms with E-state index in [1.165, 1.54) is 122 Å². The van der Waals surface area contributed by atoms with Crippen LogP contribution in [-0.4, -0.2) is 73.4 Å². The Bertz CT molecular complexity index is 850. The Labute approximate surface area is 316 Å². The van der Waals surface area contributed by atoms with Gasteiger partial charge >= 0.3 is 7.82 Å². The van der Waals surface area contributed by atoms with Crippen LogP contribution in [0, 0.1) is 0 Å². The third kappa shape index (κ3) is 37.4. The molecule has 3 atom stereocenters. The van der Waals surface area contributed by atoms with Gasteiger partial charge in [0, 0.05) is 6.42 Å². The van der Waals surface area contributed by atoms with Crippen LogP contribution in [0.15, 0.2) is 12.2 Å². The monoisotopic (exact) mass is 746 g/mol. The van der Waals surface area contributed by atoms with E-state index in [9.17, 15) is 19.4 Å². The number of phosphoric acid groups is 1. The lowest BCUT2D eigenvalue weighted by molar-refractivity contribution is -0.870. The zero-order valence-corrected chi connectivity index (χ0v) is 35.3. The summed E-state index contributed by atoms with van der Waals surface area (Å²) in [6, 6.07) is -0.759. The number of rotatable bonds is 39. The third-order valence-electron chi connectivity index (χ3n) is 9.76. The van der Waals surface area contributed by atoms with Crippen LogP contribution < -0.4 is 5.32 Å². The van der Waals surface area contributed by atoms with Crippen LogP contribution in [0.4, 0.5) is 0 Å². The quantitative estimate of drug-likeness (QED) is 0.0250. The Balaban J connectivity index is 4.34. The number of phosphoric ester groups is 1. The summed E-state index contributed by atoms with van der Waals surface area (Å²) in [5.74, 6) is -0.155. The van der Waals surface area contributed by atoms with Gasteiger partial charge in [0.05, 0.1) is 39.9 Å². The molecule has 9 heteroatoms. The Morgan fingerprint density at radius 1 is 0.647 bits per heavy atom. The van der Waals surface area contributed by atoms with Crippen molar-refractivity contribution < 1.29 is 32.9 Å². The molecule has 0 saturated heterocycles.